The summed E-state index contributed by atoms with van der Waals surface area (Å²) in [7, 11) is -3.72. The third-order valence-electron chi connectivity index (χ3n) is 7.03. The molecular weight excluding hydrogens is 458 g/mol. The second-order valence-corrected chi connectivity index (χ2v) is 11.2. The van der Waals surface area contributed by atoms with Crippen molar-refractivity contribution >= 4 is 39.2 Å². The third kappa shape index (κ3) is 4.38. The highest BCUT2D eigenvalue weighted by Crippen LogP contribution is 2.42. The van der Waals surface area contributed by atoms with Gasteiger partial charge in [0.1, 0.15) is 12.1 Å². The van der Waals surface area contributed by atoms with E-state index in [1.807, 2.05) is 0 Å². The van der Waals surface area contributed by atoms with Crippen LogP contribution in [0.15, 0.2) is 23.1 Å². The Kier molecular flexibility index (Phi) is 6.61. The Morgan fingerprint density at radius 3 is 2.41 bits per heavy atom. The molecule has 1 atom stereocenters. The molecule has 10 nitrogen and oxygen atoms in total. The van der Waals surface area contributed by atoms with Gasteiger partial charge in [-0.05, 0) is 56.7 Å². The lowest BCUT2D eigenvalue weighted by Gasteiger charge is -2.24. The van der Waals surface area contributed by atoms with E-state index in [1.165, 1.54) is 10.4 Å². The van der Waals surface area contributed by atoms with Crippen LogP contribution in [-0.4, -0.2) is 73.7 Å². The highest BCUT2D eigenvalue weighted by molar-refractivity contribution is 7.89. The van der Waals surface area contributed by atoms with Crippen molar-refractivity contribution < 1.29 is 22.8 Å². The fourth-order valence-corrected chi connectivity index (χ4v) is 6.34. The first-order valence-corrected chi connectivity index (χ1v) is 13.4. The van der Waals surface area contributed by atoms with Crippen LogP contribution in [0.5, 0.6) is 0 Å². The third-order valence-corrected chi connectivity index (χ3v) is 9.07. The Labute approximate surface area is 200 Å². The van der Waals surface area contributed by atoms with Gasteiger partial charge in [-0.3, -0.25) is 14.5 Å². The summed E-state index contributed by atoms with van der Waals surface area (Å²) >= 11 is 0. The molecule has 1 saturated carbocycles. The largest absolute Gasteiger partial charge is 0.370 e. The maximum Gasteiger partial charge on any atom is 0.325 e. The molecule has 2 heterocycles. The molecule has 2 N–H and O–H groups in total. The van der Waals surface area contributed by atoms with Gasteiger partial charge in [0, 0.05) is 26.2 Å². The number of hydrogen-bond acceptors (Lipinski definition) is 6. The number of urea groups is 1. The van der Waals surface area contributed by atoms with Crippen LogP contribution in [-0.2, 0) is 19.6 Å². The number of sulfonamides is 1. The van der Waals surface area contributed by atoms with Crippen molar-refractivity contribution in [3.05, 3.63) is 18.2 Å². The molecule has 0 spiro atoms. The van der Waals surface area contributed by atoms with Crippen LogP contribution in [0.2, 0.25) is 0 Å². The van der Waals surface area contributed by atoms with Gasteiger partial charge < -0.3 is 15.5 Å². The summed E-state index contributed by atoms with van der Waals surface area (Å²) in [5.41, 5.74) is 0.122. The summed E-state index contributed by atoms with van der Waals surface area (Å²) in [6.07, 6.45) is 3.76. The van der Waals surface area contributed by atoms with Crippen molar-refractivity contribution in [2.75, 3.05) is 42.9 Å². The molecule has 34 heavy (non-hydrogen) atoms. The van der Waals surface area contributed by atoms with Crippen molar-refractivity contribution in [3.63, 3.8) is 0 Å². The van der Waals surface area contributed by atoms with Gasteiger partial charge in [0.15, 0.2) is 0 Å². The molecular formula is C23H33N5O5S. The average molecular weight is 492 g/mol. The number of rotatable bonds is 9. The van der Waals surface area contributed by atoms with E-state index in [-0.39, 0.29) is 10.8 Å². The number of benzene rings is 1. The number of carbonyl (C=O) groups excluding carboxylic acids is 3. The Balaban J connectivity index is 1.58. The molecule has 1 aromatic carbocycles. The number of nitrogens with one attached hydrogen (secondary N) is 2. The van der Waals surface area contributed by atoms with E-state index in [1.54, 1.807) is 32.9 Å². The zero-order valence-electron chi connectivity index (χ0n) is 20.0. The number of imide groups is 1. The first-order valence-electron chi connectivity index (χ1n) is 11.9. The van der Waals surface area contributed by atoms with E-state index in [0.717, 1.165) is 49.4 Å². The molecule has 4 rings (SSSR count). The van der Waals surface area contributed by atoms with Crippen LogP contribution in [0.1, 0.15) is 46.5 Å². The fraction of sp³-hybridized carbons (Fsp3) is 0.609. The predicted molar refractivity (Wildman–Crippen MR) is 128 cm³/mol. The van der Waals surface area contributed by atoms with Gasteiger partial charge in [0.2, 0.25) is 15.9 Å². The highest BCUT2D eigenvalue weighted by atomic mass is 32.2. The van der Waals surface area contributed by atoms with Crippen molar-refractivity contribution in [2.45, 2.75) is 56.9 Å². The molecule has 1 aromatic rings. The molecule has 1 aliphatic carbocycles. The lowest BCUT2D eigenvalue weighted by molar-refractivity contribution is -0.134. The standard InChI is InChI=1S/C23H33N5O5S/c1-4-27(5-2)34(32,33)17-10-11-19(26-12-6-7-13-26)18(14-17)24-20(29)15-28-21(30)23(3,16-8-9-16)25-22(28)31/h10-11,14,16H,4-9,12-13,15H2,1-3H3,(H,24,29)(H,25,31)/t23-/m0/s1. The van der Waals surface area contributed by atoms with Crippen molar-refractivity contribution in [1.29, 1.82) is 0 Å². The van der Waals surface area contributed by atoms with E-state index in [9.17, 15) is 22.8 Å². The van der Waals surface area contributed by atoms with Crippen LogP contribution >= 0.6 is 0 Å². The van der Waals surface area contributed by atoms with Crippen LogP contribution in [0, 0.1) is 5.92 Å². The van der Waals surface area contributed by atoms with Gasteiger partial charge in [0.25, 0.3) is 5.91 Å². The smallest absolute Gasteiger partial charge is 0.325 e. The van der Waals surface area contributed by atoms with E-state index >= 15 is 0 Å². The van der Waals surface area contributed by atoms with Gasteiger partial charge in [-0.1, -0.05) is 13.8 Å². The molecule has 186 valence electrons. The maximum absolute atomic E-state index is 13.1. The number of amides is 4. The highest BCUT2D eigenvalue weighted by Gasteiger charge is 2.56. The zero-order chi connectivity index (χ0) is 24.7. The topological polar surface area (TPSA) is 119 Å². The van der Waals surface area contributed by atoms with E-state index in [2.05, 4.69) is 15.5 Å². The van der Waals surface area contributed by atoms with Crippen molar-refractivity contribution in [2.24, 2.45) is 5.92 Å². The van der Waals surface area contributed by atoms with Gasteiger partial charge in [-0.15, -0.1) is 0 Å². The molecule has 0 unspecified atom stereocenters. The second-order valence-electron chi connectivity index (χ2n) is 9.31. The number of hydrogen-bond donors (Lipinski definition) is 2. The molecule has 11 heteroatoms. The van der Waals surface area contributed by atoms with Gasteiger partial charge in [-0.2, -0.15) is 4.31 Å². The Bertz CT molecular complexity index is 1090. The molecule has 2 saturated heterocycles. The van der Waals surface area contributed by atoms with Crippen LogP contribution in [0.25, 0.3) is 0 Å². The summed E-state index contributed by atoms with van der Waals surface area (Å²) in [4.78, 5) is 41.4. The summed E-state index contributed by atoms with van der Waals surface area (Å²) < 4.78 is 27.5. The van der Waals surface area contributed by atoms with Gasteiger partial charge >= 0.3 is 6.03 Å². The molecule has 3 fully saturated rings. The lowest BCUT2D eigenvalue weighted by Crippen LogP contribution is -2.46. The quantitative estimate of drug-likeness (QED) is 0.510. The summed E-state index contributed by atoms with van der Waals surface area (Å²) in [5, 5.41) is 5.51. The summed E-state index contributed by atoms with van der Waals surface area (Å²) in [6.45, 7) is 7.09. The minimum absolute atomic E-state index is 0.0887. The monoisotopic (exact) mass is 491 g/mol. The second kappa shape index (κ2) is 9.18. The minimum Gasteiger partial charge on any atom is -0.370 e. The lowest BCUT2D eigenvalue weighted by atomic mass is 9.96. The Hall–Kier alpha value is -2.66. The van der Waals surface area contributed by atoms with E-state index < -0.39 is 40.0 Å². The zero-order valence-corrected chi connectivity index (χ0v) is 20.8. The SMILES string of the molecule is CCN(CC)S(=O)(=O)c1ccc(N2CCCC2)c(NC(=O)CN2C(=O)N[C@@](C)(C3CC3)C2=O)c1. The molecule has 0 bridgehead atoms. The van der Waals surface area contributed by atoms with Gasteiger partial charge in [-0.25, -0.2) is 13.2 Å². The van der Waals surface area contributed by atoms with E-state index in [0.29, 0.717) is 18.8 Å². The molecule has 0 radical (unpaired) electrons. The number of carbonyl (C=O) groups is 3. The first kappa shape index (κ1) is 24.5. The Morgan fingerprint density at radius 1 is 1.18 bits per heavy atom. The predicted octanol–water partition coefficient (Wildman–Crippen LogP) is 1.98. The van der Waals surface area contributed by atoms with Crippen molar-refractivity contribution in [1.82, 2.24) is 14.5 Å². The van der Waals surface area contributed by atoms with Crippen LogP contribution < -0.4 is 15.5 Å². The average Bonchev–Trinajstić information content (AvgIpc) is 3.48. The summed E-state index contributed by atoms with van der Waals surface area (Å²) in [5.74, 6) is -0.852. The van der Waals surface area contributed by atoms with E-state index in [4.69, 9.17) is 0 Å². The molecule has 3 aliphatic rings. The first-order chi connectivity index (χ1) is 16.1. The van der Waals surface area contributed by atoms with Crippen LogP contribution in [0.3, 0.4) is 0 Å². The number of nitrogens with zero attached hydrogens (tertiary/aromatic N) is 3. The molecule has 0 aromatic heterocycles. The van der Waals surface area contributed by atoms with Crippen LogP contribution in [0.4, 0.5) is 16.2 Å². The van der Waals surface area contributed by atoms with Crippen molar-refractivity contribution in [3.8, 4) is 0 Å². The molecule has 2 aliphatic heterocycles. The van der Waals surface area contributed by atoms with Gasteiger partial charge in [0.05, 0.1) is 16.3 Å². The normalized spacial score (nSPS) is 23.1. The molecule has 4 amide bonds. The minimum atomic E-state index is -3.72. The fourth-order valence-electron chi connectivity index (χ4n) is 4.85. The maximum atomic E-state index is 13.1. The number of anilines is 2. The Morgan fingerprint density at radius 2 is 1.82 bits per heavy atom. The summed E-state index contributed by atoms with van der Waals surface area (Å²) in [6, 6.07) is 4.18.